The SMILES string of the molecule is CCNC1CC2(CCCC2)Oc2cc(C)c(C)cc21. The van der Waals surface area contributed by atoms with E-state index in [-0.39, 0.29) is 5.60 Å². The van der Waals surface area contributed by atoms with Crippen molar-refractivity contribution in [1.82, 2.24) is 5.32 Å². The van der Waals surface area contributed by atoms with Crippen molar-refractivity contribution in [3.63, 3.8) is 0 Å². The topological polar surface area (TPSA) is 21.3 Å². The highest BCUT2D eigenvalue weighted by molar-refractivity contribution is 5.45. The summed E-state index contributed by atoms with van der Waals surface area (Å²) in [5.41, 5.74) is 4.18. The van der Waals surface area contributed by atoms with Crippen molar-refractivity contribution in [2.24, 2.45) is 0 Å². The first-order valence-electron chi connectivity index (χ1n) is 7.67. The number of ether oxygens (including phenoxy) is 1. The van der Waals surface area contributed by atoms with Crippen molar-refractivity contribution in [1.29, 1.82) is 0 Å². The third kappa shape index (κ3) is 2.27. The molecule has 1 saturated carbocycles. The van der Waals surface area contributed by atoms with Gasteiger partial charge < -0.3 is 10.1 Å². The molecule has 2 nitrogen and oxygen atoms in total. The molecular formula is C17H25NO. The number of hydrogen-bond donors (Lipinski definition) is 1. The zero-order valence-corrected chi connectivity index (χ0v) is 12.4. The molecule has 2 aliphatic rings. The molecule has 1 fully saturated rings. The van der Waals surface area contributed by atoms with Gasteiger partial charge in [0.1, 0.15) is 11.4 Å². The van der Waals surface area contributed by atoms with E-state index < -0.39 is 0 Å². The summed E-state index contributed by atoms with van der Waals surface area (Å²) >= 11 is 0. The Kier molecular flexibility index (Phi) is 3.30. The molecule has 1 heterocycles. The highest BCUT2D eigenvalue weighted by atomic mass is 16.5. The summed E-state index contributed by atoms with van der Waals surface area (Å²) in [6.45, 7) is 7.58. The van der Waals surface area contributed by atoms with E-state index in [0.29, 0.717) is 6.04 Å². The monoisotopic (exact) mass is 259 g/mol. The molecule has 1 unspecified atom stereocenters. The van der Waals surface area contributed by atoms with Gasteiger partial charge in [-0.2, -0.15) is 0 Å². The molecule has 104 valence electrons. The van der Waals surface area contributed by atoms with Gasteiger partial charge in [-0.3, -0.25) is 0 Å². The Bertz CT molecular complexity index is 474. The minimum absolute atomic E-state index is 0.113. The lowest BCUT2D eigenvalue weighted by Gasteiger charge is -2.40. The summed E-state index contributed by atoms with van der Waals surface area (Å²) in [6, 6.07) is 5.03. The zero-order chi connectivity index (χ0) is 13.5. The van der Waals surface area contributed by atoms with Crippen LogP contribution in [0.5, 0.6) is 5.75 Å². The van der Waals surface area contributed by atoms with Gasteiger partial charge in [0.15, 0.2) is 0 Å². The Morgan fingerprint density at radius 1 is 1.21 bits per heavy atom. The molecule has 19 heavy (non-hydrogen) atoms. The van der Waals surface area contributed by atoms with Crippen LogP contribution < -0.4 is 10.1 Å². The van der Waals surface area contributed by atoms with Crippen LogP contribution in [0.4, 0.5) is 0 Å². The van der Waals surface area contributed by atoms with Gasteiger partial charge in [0.2, 0.25) is 0 Å². The Morgan fingerprint density at radius 2 is 1.89 bits per heavy atom. The Labute approximate surface area is 116 Å². The van der Waals surface area contributed by atoms with Crippen molar-refractivity contribution in [3.05, 3.63) is 28.8 Å². The predicted octanol–water partition coefficient (Wildman–Crippen LogP) is 4.05. The molecule has 1 aliphatic heterocycles. The number of nitrogens with one attached hydrogen (secondary N) is 1. The second-order valence-corrected chi connectivity index (χ2v) is 6.28. The van der Waals surface area contributed by atoms with Crippen LogP contribution in [-0.2, 0) is 0 Å². The summed E-state index contributed by atoms with van der Waals surface area (Å²) < 4.78 is 6.45. The van der Waals surface area contributed by atoms with E-state index in [1.165, 1.54) is 42.4 Å². The van der Waals surface area contributed by atoms with Crippen LogP contribution in [0, 0.1) is 13.8 Å². The number of aryl methyl sites for hydroxylation is 2. The second kappa shape index (κ2) is 4.82. The van der Waals surface area contributed by atoms with Gasteiger partial charge in [0.25, 0.3) is 0 Å². The van der Waals surface area contributed by atoms with E-state index in [0.717, 1.165) is 18.7 Å². The van der Waals surface area contributed by atoms with Gasteiger partial charge in [-0.05, 0) is 63.3 Å². The third-order valence-electron chi connectivity index (χ3n) is 4.87. The molecule has 0 saturated heterocycles. The number of rotatable bonds is 2. The highest BCUT2D eigenvalue weighted by Crippen LogP contribution is 2.47. The highest BCUT2D eigenvalue weighted by Gasteiger charge is 2.42. The predicted molar refractivity (Wildman–Crippen MR) is 78.8 cm³/mol. The van der Waals surface area contributed by atoms with Gasteiger partial charge in [-0.1, -0.05) is 13.0 Å². The summed E-state index contributed by atoms with van der Waals surface area (Å²) in [4.78, 5) is 0. The molecular weight excluding hydrogens is 234 g/mol. The molecule has 0 amide bonds. The first-order valence-corrected chi connectivity index (χ1v) is 7.67. The van der Waals surface area contributed by atoms with Crippen molar-refractivity contribution in [3.8, 4) is 5.75 Å². The molecule has 1 aliphatic carbocycles. The molecule has 1 aromatic carbocycles. The maximum absolute atomic E-state index is 6.45. The van der Waals surface area contributed by atoms with E-state index in [1.54, 1.807) is 0 Å². The Morgan fingerprint density at radius 3 is 2.58 bits per heavy atom. The van der Waals surface area contributed by atoms with E-state index >= 15 is 0 Å². The molecule has 1 atom stereocenters. The third-order valence-corrected chi connectivity index (χ3v) is 4.87. The minimum Gasteiger partial charge on any atom is -0.487 e. The summed E-state index contributed by atoms with van der Waals surface area (Å²) in [6.07, 6.45) is 6.22. The molecule has 1 spiro atoms. The summed E-state index contributed by atoms with van der Waals surface area (Å²) in [5.74, 6) is 1.13. The Balaban J connectivity index is 2.01. The van der Waals surface area contributed by atoms with Crippen LogP contribution in [0.3, 0.4) is 0 Å². The van der Waals surface area contributed by atoms with Crippen LogP contribution in [-0.4, -0.2) is 12.1 Å². The fourth-order valence-corrected chi connectivity index (χ4v) is 3.68. The van der Waals surface area contributed by atoms with Crippen LogP contribution in [0.15, 0.2) is 12.1 Å². The lowest BCUT2D eigenvalue weighted by molar-refractivity contribution is 0.0370. The lowest BCUT2D eigenvalue weighted by Crippen LogP contribution is -2.42. The first kappa shape index (κ1) is 13.0. The average molecular weight is 259 g/mol. The van der Waals surface area contributed by atoms with Crippen molar-refractivity contribution in [2.75, 3.05) is 6.54 Å². The van der Waals surface area contributed by atoms with E-state index in [9.17, 15) is 0 Å². The van der Waals surface area contributed by atoms with Crippen LogP contribution in [0.1, 0.15) is 61.8 Å². The summed E-state index contributed by atoms with van der Waals surface area (Å²) in [5, 5.41) is 3.66. The number of hydrogen-bond acceptors (Lipinski definition) is 2. The van der Waals surface area contributed by atoms with Crippen LogP contribution >= 0.6 is 0 Å². The second-order valence-electron chi connectivity index (χ2n) is 6.28. The van der Waals surface area contributed by atoms with E-state index in [2.05, 4.69) is 38.2 Å². The van der Waals surface area contributed by atoms with Gasteiger partial charge in [0, 0.05) is 18.0 Å². The first-order chi connectivity index (χ1) is 9.13. The zero-order valence-electron chi connectivity index (χ0n) is 12.4. The molecule has 0 bridgehead atoms. The van der Waals surface area contributed by atoms with Crippen LogP contribution in [0.25, 0.3) is 0 Å². The lowest BCUT2D eigenvalue weighted by atomic mass is 9.85. The smallest absolute Gasteiger partial charge is 0.125 e. The van der Waals surface area contributed by atoms with Gasteiger partial charge in [-0.15, -0.1) is 0 Å². The molecule has 2 heteroatoms. The quantitative estimate of drug-likeness (QED) is 0.865. The van der Waals surface area contributed by atoms with Crippen molar-refractivity contribution >= 4 is 0 Å². The van der Waals surface area contributed by atoms with Gasteiger partial charge >= 0.3 is 0 Å². The standard InChI is InChI=1S/C17H25NO/c1-4-18-15-11-17(7-5-6-8-17)19-16-10-13(3)12(2)9-14(15)16/h9-10,15,18H,4-8,11H2,1-3H3. The average Bonchev–Trinajstić information content (AvgIpc) is 2.80. The van der Waals surface area contributed by atoms with Gasteiger partial charge in [-0.25, -0.2) is 0 Å². The fraction of sp³-hybridized carbons (Fsp3) is 0.647. The van der Waals surface area contributed by atoms with Crippen molar-refractivity contribution in [2.45, 2.75) is 64.5 Å². The number of benzene rings is 1. The molecule has 0 radical (unpaired) electrons. The van der Waals surface area contributed by atoms with Crippen molar-refractivity contribution < 1.29 is 4.74 Å². The Hall–Kier alpha value is -1.02. The normalized spacial score (nSPS) is 24.3. The maximum Gasteiger partial charge on any atom is 0.125 e. The molecule has 0 aromatic heterocycles. The molecule has 3 rings (SSSR count). The van der Waals surface area contributed by atoms with Gasteiger partial charge in [0.05, 0.1) is 0 Å². The summed E-state index contributed by atoms with van der Waals surface area (Å²) in [7, 11) is 0. The minimum atomic E-state index is 0.113. The maximum atomic E-state index is 6.45. The largest absolute Gasteiger partial charge is 0.487 e. The van der Waals surface area contributed by atoms with Crippen LogP contribution in [0.2, 0.25) is 0 Å². The van der Waals surface area contributed by atoms with E-state index in [4.69, 9.17) is 4.74 Å². The number of fused-ring (bicyclic) bond motifs is 1. The fourth-order valence-electron chi connectivity index (χ4n) is 3.68. The molecule has 1 N–H and O–H groups in total. The molecule has 1 aromatic rings. The van der Waals surface area contributed by atoms with E-state index in [1.807, 2.05) is 0 Å².